The molecule has 0 radical (unpaired) electrons. The number of aromatic nitrogens is 1. The van der Waals surface area contributed by atoms with Crippen molar-refractivity contribution in [2.45, 2.75) is 31.2 Å². The van der Waals surface area contributed by atoms with Gasteiger partial charge in [0.15, 0.2) is 0 Å². The number of nitrogens with zero attached hydrogens (tertiary/aromatic N) is 3. The van der Waals surface area contributed by atoms with E-state index >= 15 is 0 Å². The van der Waals surface area contributed by atoms with Gasteiger partial charge in [0.25, 0.3) is 11.8 Å². The summed E-state index contributed by atoms with van der Waals surface area (Å²) in [6.45, 7) is 5.61. The minimum Gasteiger partial charge on any atom is -0.365 e. The van der Waals surface area contributed by atoms with Crippen molar-refractivity contribution in [3.05, 3.63) is 60.2 Å². The second-order valence-electron chi connectivity index (χ2n) is 9.03. The molecule has 2 saturated heterocycles. The van der Waals surface area contributed by atoms with Crippen LogP contribution < -0.4 is 21.3 Å². The van der Waals surface area contributed by atoms with Crippen LogP contribution in [0.1, 0.15) is 28.8 Å². The molecule has 0 bridgehead atoms. The maximum atomic E-state index is 13.4. The highest BCUT2D eigenvalue weighted by Gasteiger charge is 2.37. The van der Waals surface area contributed by atoms with Gasteiger partial charge in [-0.2, -0.15) is 0 Å². The number of halogens is 2. The second kappa shape index (κ2) is 10.4. The number of nitrogens with two attached hydrogens (primary N) is 1. The average Bonchev–Trinajstić information content (AvgIpc) is 3.44. The minimum absolute atomic E-state index is 0.00569. The summed E-state index contributed by atoms with van der Waals surface area (Å²) in [7, 11) is 0. The van der Waals surface area contributed by atoms with Gasteiger partial charge in [-0.15, -0.1) is 0 Å². The fraction of sp³-hybridized carbons (Fsp3) is 0.400. The Morgan fingerprint density at radius 2 is 1.97 bits per heavy atom. The minimum atomic E-state index is -2.58. The van der Waals surface area contributed by atoms with Crippen LogP contribution in [-0.2, 0) is 11.2 Å². The van der Waals surface area contributed by atoms with E-state index in [1.165, 1.54) is 6.08 Å². The Morgan fingerprint density at radius 3 is 2.63 bits per heavy atom. The third-order valence-electron chi connectivity index (χ3n) is 6.37. The van der Waals surface area contributed by atoms with Crippen LogP contribution in [0.3, 0.4) is 0 Å². The average molecular weight is 485 g/mol. The van der Waals surface area contributed by atoms with E-state index in [0.29, 0.717) is 44.2 Å². The number of likely N-dealkylation sites (tertiary alicyclic amines) is 1. The first-order chi connectivity index (χ1) is 16.7. The lowest BCUT2D eigenvalue weighted by molar-refractivity contribution is -0.117. The van der Waals surface area contributed by atoms with E-state index in [2.05, 4.69) is 22.2 Å². The highest BCUT2D eigenvalue weighted by atomic mass is 19.3. The highest BCUT2D eigenvalue weighted by Crippen LogP contribution is 2.28. The number of carbonyl (C=O) groups excluding carboxylic acids is 2. The molecule has 4 rings (SSSR count). The smallest absolute Gasteiger partial charge is 0.261 e. The summed E-state index contributed by atoms with van der Waals surface area (Å²) in [5, 5.41) is 6.07. The number of pyridine rings is 1. The Kier molecular flexibility index (Phi) is 7.30. The first kappa shape index (κ1) is 24.6. The van der Waals surface area contributed by atoms with Gasteiger partial charge in [0, 0.05) is 44.3 Å². The molecule has 186 valence electrons. The lowest BCUT2D eigenvalue weighted by Gasteiger charge is -2.20. The normalized spacial score (nSPS) is 19.5. The lowest BCUT2D eigenvalue weighted by atomic mass is 10.1. The van der Waals surface area contributed by atoms with E-state index in [0.717, 1.165) is 17.7 Å². The number of primary amides is 1. The van der Waals surface area contributed by atoms with Gasteiger partial charge in [0.2, 0.25) is 5.91 Å². The Balaban J connectivity index is 1.41. The molecule has 8 nitrogen and oxygen atoms in total. The van der Waals surface area contributed by atoms with Gasteiger partial charge in [-0.3, -0.25) is 14.5 Å². The number of rotatable bonds is 9. The number of alkyl halides is 2. The van der Waals surface area contributed by atoms with Crippen molar-refractivity contribution >= 4 is 29.1 Å². The van der Waals surface area contributed by atoms with E-state index in [-0.39, 0.29) is 30.5 Å². The lowest BCUT2D eigenvalue weighted by Crippen LogP contribution is -2.36. The maximum Gasteiger partial charge on any atom is 0.261 e. The molecule has 10 heteroatoms. The first-order valence-corrected chi connectivity index (χ1v) is 11.7. The van der Waals surface area contributed by atoms with Gasteiger partial charge in [-0.1, -0.05) is 18.7 Å². The Morgan fingerprint density at radius 1 is 1.20 bits per heavy atom. The summed E-state index contributed by atoms with van der Waals surface area (Å²) in [6.07, 6.45) is 2.62. The summed E-state index contributed by atoms with van der Waals surface area (Å²) in [6, 6.07) is 11.0. The summed E-state index contributed by atoms with van der Waals surface area (Å²) in [5.41, 5.74) is 7.59. The molecule has 1 aromatic heterocycles. The van der Waals surface area contributed by atoms with E-state index in [1.54, 1.807) is 17.0 Å². The molecule has 3 heterocycles. The van der Waals surface area contributed by atoms with Crippen molar-refractivity contribution in [1.29, 1.82) is 0 Å². The van der Waals surface area contributed by atoms with Gasteiger partial charge in [-0.25, -0.2) is 13.8 Å². The fourth-order valence-corrected chi connectivity index (χ4v) is 4.44. The van der Waals surface area contributed by atoms with E-state index < -0.39 is 11.8 Å². The predicted octanol–water partition coefficient (Wildman–Crippen LogP) is 2.69. The van der Waals surface area contributed by atoms with Crippen LogP contribution in [0, 0.1) is 0 Å². The standard InChI is InChI=1S/C25H30F2N6O2/c1-2-22(34)29-19-10-13-33(15-19)21-8-7-20(23(28)35)24(31-21)30-18-5-3-17(4-6-18)9-12-32-14-11-25(26,27)16-32/h2-8,19H,1,9-16H2,(H2,28,35)(H,29,34)(H,30,31)/t19-/m0/s1. The van der Waals surface area contributed by atoms with Gasteiger partial charge in [-0.05, 0) is 48.7 Å². The van der Waals surface area contributed by atoms with Crippen LogP contribution in [0.2, 0.25) is 0 Å². The summed E-state index contributed by atoms with van der Waals surface area (Å²) in [4.78, 5) is 32.0. The summed E-state index contributed by atoms with van der Waals surface area (Å²) >= 11 is 0. The molecule has 0 saturated carbocycles. The molecule has 1 atom stereocenters. The van der Waals surface area contributed by atoms with E-state index in [1.807, 2.05) is 29.2 Å². The van der Waals surface area contributed by atoms with Crippen molar-refractivity contribution in [2.24, 2.45) is 5.73 Å². The molecule has 4 N–H and O–H groups in total. The Labute approximate surface area is 203 Å². The highest BCUT2D eigenvalue weighted by molar-refractivity contribution is 5.98. The third kappa shape index (κ3) is 6.33. The van der Waals surface area contributed by atoms with Crippen molar-refractivity contribution in [3.8, 4) is 0 Å². The van der Waals surface area contributed by atoms with Gasteiger partial charge < -0.3 is 21.3 Å². The number of benzene rings is 1. The van der Waals surface area contributed by atoms with Crippen molar-refractivity contribution in [2.75, 3.05) is 42.9 Å². The van der Waals surface area contributed by atoms with E-state index in [9.17, 15) is 18.4 Å². The molecule has 2 aromatic rings. The predicted molar refractivity (Wildman–Crippen MR) is 131 cm³/mol. The molecule has 2 amide bonds. The van der Waals surface area contributed by atoms with Crippen molar-refractivity contribution in [3.63, 3.8) is 0 Å². The number of anilines is 3. The zero-order chi connectivity index (χ0) is 25.0. The number of hydrogen-bond donors (Lipinski definition) is 3. The maximum absolute atomic E-state index is 13.4. The largest absolute Gasteiger partial charge is 0.365 e. The monoisotopic (exact) mass is 484 g/mol. The molecule has 2 aliphatic rings. The fourth-order valence-electron chi connectivity index (χ4n) is 4.44. The van der Waals surface area contributed by atoms with Crippen LogP contribution in [0.5, 0.6) is 0 Å². The molecule has 2 fully saturated rings. The number of hydrogen-bond acceptors (Lipinski definition) is 6. The molecule has 1 aromatic carbocycles. The second-order valence-corrected chi connectivity index (χ2v) is 9.03. The van der Waals surface area contributed by atoms with E-state index in [4.69, 9.17) is 5.73 Å². The Bertz CT molecular complexity index is 1090. The molecule has 0 unspecified atom stereocenters. The molecular formula is C25H30F2N6O2. The van der Waals surface area contributed by atoms with Crippen LogP contribution in [-0.4, -0.2) is 66.4 Å². The number of amides is 2. The van der Waals surface area contributed by atoms with Crippen LogP contribution in [0.15, 0.2) is 49.1 Å². The third-order valence-corrected chi connectivity index (χ3v) is 6.37. The Hall–Kier alpha value is -3.53. The zero-order valence-electron chi connectivity index (χ0n) is 19.5. The van der Waals surface area contributed by atoms with Gasteiger partial charge in [0.1, 0.15) is 11.6 Å². The van der Waals surface area contributed by atoms with Crippen molar-refractivity contribution < 1.29 is 18.4 Å². The van der Waals surface area contributed by atoms with Gasteiger partial charge >= 0.3 is 0 Å². The number of nitrogens with one attached hydrogen (secondary N) is 2. The van der Waals surface area contributed by atoms with Crippen LogP contribution in [0.25, 0.3) is 0 Å². The molecule has 0 spiro atoms. The molecular weight excluding hydrogens is 454 g/mol. The summed E-state index contributed by atoms with van der Waals surface area (Å²) in [5.74, 6) is -2.36. The molecule has 2 aliphatic heterocycles. The molecule has 35 heavy (non-hydrogen) atoms. The summed E-state index contributed by atoms with van der Waals surface area (Å²) < 4.78 is 26.7. The van der Waals surface area contributed by atoms with Crippen molar-refractivity contribution in [1.82, 2.24) is 15.2 Å². The van der Waals surface area contributed by atoms with Crippen LogP contribution in [0.4, 0.5) is 26.1 Å². The molecule has 0 aliphatic carbocycles. The van der Waals surface area contributed by atoms with Gasteiger partial charge in [0.05, 0.1) is 12.1 Å². The quantitative estimate of drug-likeness (QED) is 0.473. The SMILES string of the molecule is C=CC(=O)N[C@H]1CCN(c2ccc(C(N)=O)c(Nc3ccc(CCN4CCC(F)(F)C4)cc3)n2)C1. The first-order valence-electron chi connectivity index (χ1n) is 11.7. The topological polar surface area (TPSA) is 104 Å². The van der Waals surface area contributed by atoms with Crippen LogP contribution >= 0.6 is 0 Å². The number of carbonyl (C=O) groups is 2. The zero-order valence-corrected chi connectivity index (χ0v) is 19.5.